The molecule has 0 atom stereocenters. The fraction of sp³-hybridized carbons (Fsp3) is 0.167. The lowest BCUT2D eigenvalue weighted by molar-refractivity contribution is 1.05. The Morgan fingerprint density at radius 2 is 1.79 bits per heavy atom. The van der Waals surface area contributed by atoms with Crippen molar-refractivity contribution in [1.82, 2.24) is 15.0 Å². The molecule has 6 heteroatoms. The molecular formula is C18H18ClN5. The number of anilines is 2. The molecule has 122 valence electrons. The average Bonchev–Trinajstić information content (AvgIpc) is 2.62. The quantitative estimate of drug-likeness (QED) is 0.703. The van der Waals surface area contributed by atoms with E-state index in [1.807, 2.05) is 49.4 Å². The molecule has 3 rings (SSSR count). The van der Waals surface area contributed by atoms with Gasteiger partial charge in [-0.2, -0.15) is 4.98 Å². The minimum Gasteiger partial charge on any atom is -0.366 e. The van der Waals surface area contributed by atoms with Crippen LogP contribution in [-0.2, 0) is 6.54 Å². The lowest BCUT2D eigenvalue weighted by Gasteiger charge is -2.11. The SMILES string of the molecule is CCNc1nc(NCc2ccccc2Cl)cc(-c2ccncc2)n1. The van der Waals surface area contributed by atoms with E-state index in [1.165, 1.54) is 0 Å². The Bertz CT molecular complexity index is 808. The molecule has 2 N–H and O–H groups in total. The van der Waals surface area contributed by atoms with Crippen LogP contribution in [0, 0.1) is 0 Å². The van der Waals surface area contributed by atoms with Gasteiger partial charge in [0.1, 0.15) is 5.82 Å². The van der Waals surface area contributed by atoms with Crippen molar-refractivity contribution in [1.29, 1.82) is 0 Å². The number of benzene rings is 1. The van der Waals surface area contributed by atoms with Crippen LogP contribution in [0.3, 0.4) is 0 Å². The van der Waals surface area contributed by atoms with Crippen LogP contribution in [0.25, 0.3) is 11.3 Å². The van der Waals surface area contributed by atoms with E-state index in [-0.39, 0.29) is 0 Å². The summed E-state index contributed by atoms with van der Waals surface area (Å²) in [5, 5.41) is 7.22. The summed E-state index contributed by atoms with van der Waals surface area (Å²) in [6.07, 6.45) is 3.50. The smallest absolute Gasteiger partial charge is 0.225 e. The van der Waals surface area contributed by atoms with E-state index in [0.29, 0.717) is 12.5 Å². The van der Waals surface area contributed by atoms with Gasteiger partial charge in [-0.05, 0) is 30.7 Å². The van der Waals surface area contributed by atoms with Crippen molar-refractivity contribution in [2.24, 2.45) is 0 Å². The molecule has 24 heavy (non-hydrogen) atoms. The molecule has 0 aliphatic heterocycles. The molecule has 0 fully saturated rings. The molecule has 3 aromatic rings. The minimum atomic E-state index is 0.591. The van der Waals surface area contributed by atoms with Crippen LogP contribution in [0.15, 0.2) is 54.9 Å². The summed E-state index contributed by atoms with van der Waals surface area (Å²) >= 11 is 6.21. The summed E-state index contributed by atoms with van der Waals surface area (Å²) in [5.74, 6) is 1.33. The standard InChI is InChI=1S/C18H18ClN5/c1-2-21-18-23-16(13-7-9-20-10-8-13)11-17(24-18)22-12-14-5-3-4-6-15(14)19/h3-11H,2,12H2,1H3,(H2,21,22,23,24). The lowest BCUT2D eigenvalue weighted by Crippen LogP contribution is -2.07. The highest BCUT2D eigenvalue weighted by Gasteiger charge is 2.07. The largest absolute Gasteiger partial charge is 0.366 e. The number of hydrogen-bond acceptors (Lipinski definition) is 5. The van der Waals surface area contributed by atoms with Gasteiger partial charge in [0.2, 0.25) is 5.95 Å². The van der Waals surface area contributed by atoms with Gasteiger partial charge < -0.3 is 10.6 Å². The predicted octanol–water partition coefficient (Wildman–Crippen LogP) is 4.24. The lowest BCUT2D eigenvalue weighted by atomic mass is 10.2. The maximum absolute atomic E-state index is 6.21. The zero-order chi connectivity index (χ0) is 16.8. The molecule has 2 heterocycles. The molecule has 0 amide bonds. The highest BCUT2D eigenvalue weighted by Crippen LogP contribution is 2.22. The zero-order valence-electron chi connectivity index (χ0n) is 13.3. The second kappa shape index (κ2) is 7.75. The topological polar surface area (TPSA) is 62.7 Å². The van der Waals surface area contributed by atoms with Gasteiger partial charge in [-0.25, -0.2) is 4.98 Å². The molecular weight excluding hydrogens is 322 g/mol. The summed E-state index contributed by atoms with van der Waals surface area (Å²) < 4.78 is 0. The van der Waals surface area contributed by atoms with Crippen molar-refractivity contribution in [3.8, 4) is 11.3 Å². The van der Waals surface area contributed by atoms with Crippen LogP contribution in [0.1, 0.15) is 12.5 Å². The Morgan fingerprint density at radius 3 is 2.54 bits per heavy atom. The molecule has 5 nitrogen and oxygen atoms in total. The fourth-order valence-electron chi connectivity index (χ4n) is 2.27. The Hall–Kier alpha value is -2.66. The summed E-state index contributed by atoms with van der Waals surface area (Å²) in [6.45, 7) is 3.36. The van der Waals surface area contributed by atoms with Crippen LogP contribution in [0.5, 0.6) is 0 Å². The number of hydrogen-bond donors (Lipinski definition) is 2. The highest BCUT2D eigenvalue weighted by molar-refractivity contribution is 6.31. The summed E-state index contributed by atoms with van der Waals surface area (Å²) in [6, 6.07) is 13.5. The Labute approximate surface area is 146 Å². The molecule has 0 aliphatic rings. The molecule has 2 aromatic heterocycles. The normalized spacial score (nSPS) is 10.4. The molecule has 0 spiro atoms. The number of rotatable bonds is 6. The Balaban J connectivity index is 1.86. The van der Waals surface area contributed by atoms with Crippen molar-refractivity contribution in [2.45, 2.75) is 13.5 Å². The first-order valence-corrected chi connectivity index (χ1v) is 8.14. The van der Waals surface area contributed by atoms with Crippen LogP contribution in [0.2, 0.25) is 5.02 Å². The molecule has 1 aromatic carbocycles. The van der Waals surface area contributed by atoms with Gasteiger partial charge in [-0.1, -0.05) is 29.8 Å². The first-order valence-electron chi connectivity index (χ1n) is 7.77. The van der Waals surface area contributed by atoms with Crippen LogP contribution >= 0.6 is 11.6 Å². The number of nitrogens with zero attached hydrogens (tertiary/aromatic N) is 3. The third-order valence-electron chi connectivity index (χ3n) is 3.45. The van der Waals surface area contributed by atoms with Gasteiger partial charge in [0, 0.05) is 42.1 Å². The van der Waals surface area contributed by atoms with Crippen LogP contribution in [0.4, 0.5) is 11.8 Å². The average molecular weight is 340 g/mol. The maximum atomic E-state index is 6.21. The van der Waals surface area contributed by atoms with Gasteiger partial charge in [0.25, 0.3) is 0 Å². The summed E-state index contributed by atoms with van der Waals surface area (Å²) in [4.78, 5) is 13.1. The molecule has 0 saturated carbocycles. The van der Waals surface area contributed by atoms with E-state index in [1.54, 1.807) is 12.4 Å². The molecule has 0 unspecified atom stereocenters. The Kier molecular flexibility index (Phi) is 5.23. The number of pyridine rings is 1. The third-order valence-corrected chi connectivity index (χ3v) is 3.82. The summed E-state index contributed by atoms with van der Waals surface area (Å²) in [5.41, 5.74) is 2.85. The molecule has 0 saturated heterocycles. The fourth-order valence-corrected chi connectivity index (χ4v) is 2.48. The monoisotopic (exact) mass is 339 g/mol. The van der Waals surface area contributed by atoms with Gasteiger partial charge in [-0.15, -0.1) is 0 Å². The summed E-state index contributed by atoms with van der Waals surface area (Å²) in [7, 11) is 0. The molecule has 0 radical (unpaired) electrons. The van der Waals surface area contributed by atoms with Crippen LogP contribution in [-0.4, -0.2) is 21.5 Å². The number of aromatic nitrogens is 3. The molecule has 0 bridgehead atoms. The van der Waals surface area contributed by atoms with Gasteiger partial charge in [-0.3, -0.25) is 4.98 Å². The van der Waals surface area contributed by atoms with E-state index in [2.05, 4.69) is 25.6 Å². The highest BCUT2D eigenvalue weighted by atomic mass is 35.5. The van der Waals surface area contributed by atoms with Crippen molar-refractivity contribution in [3.63, 3.8) is 0 Å². The van der Waals surface area contributed by atoms with Crippen molar-refractivity contribution < 1.29 is 0 Å². The van der Waals surface area contributed by atoms with Gasteiger partial charge in [0.15, 0.2) is 0 Å². The molecule has 0 aliphatic carbocycles. The van der Waals surface area contributed by atoms with Crippen molar-refractivity contribution in [3.05, 3.63) is 65.4 Å². The van der Waals surface area contributed by atoms with E-state index >= 15 is 0 Å². The minimum absolute atomic E-state index is 0.591. The van der Waals surface area contributed by atoms with Crippen molar-refractivity contribution in [2.75, 3.05) is 17.2 Å². The second-order valence-electron chi connectivity index (χ2n) is 5.17. The van der Waals surface area contributed by atoms with E-state index in [9.17, 15) is 0 Å². The zero-order valence-corrected chi connectivity index (χ0v) is 14.1. The van der Waals surface area contributed by atoms with E-state index in [0.717, 1.165) is 34.2 Å². The first kappa shape index (κ1) is 16.2. The third kappa shape index (κ3) is 4.00. The number of halogens is 1. The maximum Gasteiger partial charge on any atom is 0.225 e. The van der Waals surface area contributed by atoms with Gasteiger partial charge >= 0.3 is 0 Å². The number of nitrogens with one attached hydrogen (secondary N) is 2. The van der Waals surface area contributed by atoms with E-state index < -0.39 is 0 Å². The van der Waals surface area contributed by atoms with Gasteiger partial charge in [0.05, 0.1) is 5.69 Å². The first-order chi connectivity index (χ1) is 11.8. The second-order valence-corrected chi connectivity index (χ2v) is 5.58. The predicted molar refractivity (Wildman–Crippen MR) is 98.2 cm³/mol. The van der Waals surface area contributed by atoms with Crippen molar-refractivity contribution >= 4 is 23.4 Å². The van der Waals surface area contributed by atoms with Crippen LogP contribution < -0.4 is 10.6 Å². The Morgan fingerprint density at radius 1 is 1.00 bits per heavy atom. The van der Waals surface area contributed by atoms with E-state index in [4.69, 9.17) is 11.6 Å².